The monoisotopic (exact) mass is 238 g/mol. The van der Waals surface area contributed by atoms with Crippen LogP contribution in [0.2, 0.25) is 0 Å². The normalized spacial score (nSPS) is 25.3. The van der Waals surface area contributed by atoms with Crippen molar-refractivity contribution in [2.45, 2.75) is 26.4 Å². The molecule has 1 heterocycles. The van der Waals surface area contributed by atoms with E-state index in [-0.39, 0.29) is 23.9 Å². The van der Waals surface area contributed by atoms with E-state index in [9.17, 15) is 9.90 Å². The maximum absolute atomic E-state index is 11.9. The molecule has 1 fully saturated rings. The summed E-state index contributed by atoms with van der Waals surface area (Å²) in [6.07, 6.45) is 1.42. The van der Waals surface area contributed by atoms with Crippen LogP contribution in [0.4, 0.5) is 0 Å². The van der Waals surface area contributed by atoms with Crippen LogP contribution in [-0.2, 0) is 9.53 Å². The molecule has 0 bridgehead atoms. The van der Waals surface area contributed by atoms with Crippen LogP contribution in [0.3, 0.4) is 0 Å². The third-order valence-electron chi connectivity index (χ3n) is 2.92. The van der Waals surface area contributed by atoms with E-state index in [4.69, 9.17) is 10.00 Å². The van der Waals surface area contributed by atoms with Crippen LogP contribution in [-0.4, -0.2) is 41.7 Å². The van der Waals surface area contributed by atoms with Gasteiger partial charge in [0.2, 0.25) is 0 Å². The van der Waals surface area contributed by atoms with Crippen molar-refractivity contribution in [1.82, 2.24) is 4.90 Å². The maximum atomic E-state index is 11.9. The lowest BCUT2D eigenvalue weighted by atomic mass is 9.96. The minimum absolute atomic E-state index is 0.0198. The Morgan fingerprint density at radius 2 is 2.41 bits per heavy atom. The molecule has 2 unspecified atom stereocenters. The van der Waals surface area contributed by atoms with Crippen LogP contribution in [0.5, 0.6) is 0 Å². The molecule has 1 aliphatic rings. The van der Waals surface area contributed by atoms with Gasteiger partial charge in [0.15, 0.2) is 5.57 Å². The van der Waals surface area contributed by atoms with Gasteiger partial charge in [0.05, 0.1) is 12.7 Å². The van der Waals surface area contributed by atoms with Crippen molar-refractivity contribution in [3.05, 3.63) is 11.8 Å². The highest BCUT2D eigenvalue weighted by Crippen LogP contribution is 2.18. The van der Waals surface area contributed by atoms with E-state index in [1.165, 1.54) is 11.2 Å². The van der Waals surface area contributed by atoms with E-state index in [0.29, 0.717) is 13.2 Å². The summed E-state index contributed by atoms with van der Waals surface area (Å²) in [5.74, 6) is -0.174. The average Bonchev–Trinajstić information content (AvgIpc) is 2.33. The number of carbonyl (C=O) groups is 1. The number of rotatable bonds is 3. The highest BCUT2D eigenvalue weighted by Gasteiger charge is 2.28. The highest BCUT2D eigenvalue weighted by molar-refractivity contribution is 5.97. The molecule has 5 heteroatoms. The van der Waals surface area contributed by atoms with Crippen molar-refractivity contribution in [2.75, 3.05) is 19.7 Å². The van der Waals surface area contributed by atoms with Gasteiger partial charge in [-0.1, -0.05) is 6.92 Å². The first-order valence-corrected chi connectivity index (χ1v) is 5.79. The molecule has 1 rings (SSSR count). The van der Waals surface area contributed by atoms with Gasteiger partial charge in [0.25, 0.3) is 5.91 Å². The summed E-state index contributed by atoms with van der Waals surface area (Å²) in [5, 5.41) is 18.6. The SMILES string of the molecule is CCO/C=C(/C#N)C(=O)N1CCC(C)C(O)C1. The van der Waals surface area contributed by atoms with Crippen molar-refractivity contribution >= 4 is 5.91 Å². The molecule has 5 nitrogen and oxygen atoms in total. The molecule has 1 N–H and O–H groups in total. The first-order valence-electron chi connectivity index (χ1n) is 5.79. The van der Waals surface area contributed by atoms with Crippen LogP contribution in [0, 0.1) is 17.2 Å². The fourth-order valence-corrected chi connectivity index (χ4v) is 1.69. The molecule has 0 aromatic rings. The van der Waals surface area contributed by atoms with Gasteiger partial charge in [-0.25, -0.2) is 0 Å². The number of nitrogens with zero attached hydrogens (tertiary/aromatic N) is 2. The fourth-order valence-electron chi connectivity index (χ4n) is 1.69. The molecule has 0 saturated carbocycles. The number of amides is 1. The Kier molecular flexibility index (Phi) is 4.98. The second-order valence-corrected chi connectivity index (χ2v) is 4.18. The van der Waals surface area contributed by atoms with Crippen molar-refractivity contribution in [3.63, 3.8) is 0 Å². The molecule has 0 radical (unpaired) electrons. The number of hydrogen-bond acceptors (Lipinski definition) is 4. The van der Waals surface area contributed by atoms with Crippen LogP contribution in [0.1, 0.15) is 20.3 Å². The van der Waals surface area contributed by atoms with Crippen LogP contribution >= 0.6 is 0 Å². The number of hydrogen-bond donors (Lipinski definition) is 1. The molecule has 94 valence electrons. The molecule has 1 amide bonds. The van der Waals surface area contributed by atoms with Gasteiger partial charge < -0.3 is 14.7 Å². The zero-order valence-corrected chi connectivity index (χ0v) is 10.2. The molecule has 1 saturated heterocycles. The molecule has 0 aliphatic carbocycles. The van der Waals surface area contributed by atoms with Gasteiger partial charge in [0.1, 0.15) is 12.3 Å². The number of aliphatic hydroxyl groups excluding tert-OH is 1. The lowest BCUT2D eigenvalue weighted by Gasteiger charge is -2.34. The Hall–Kier alpha value is -1.54. The predicted octanol–water partition coefficient (Wildman–Crippen LogP) is 0.660. The summed E-state index contributed by atoms with van der Waals surface area (Å²) in [7, 11) is 0. The Morgan fingerprint density at radius 1 is 1.71 bits per heavy atom. The zero-order valence-electron chi connectivity index (χ0n) is 10.2. The summed E-state index contributed by atoms with van der Waals surface area (Å²) in [6, 6.07) is 1.82. The minimum Gasteiger partial charge on any atom is -0.500 e. The summed E-state index contributed by atoms with van der Waals surface area (Å²) < 4.78 is 4.95. The number of carbonyl (C=O) groups excluding carboxylic acids is 1. The maximum Gasteiger partial charge on any atom is 0.267 e. The molecule has 0 spiro atoms. The predicted molar refractivity (Wildman–Crippen MR) is 61.7 cm³/mol. The average molecular weight is 238 g/mol. The van der Waals surface area contributed by atoms with E-state index < -0.39 is 6.10 Å². The van der Waals surface area contributed by atoms with Gasteiger partial charge >= 0.3 is 0 Å². The Balaban J connectivity index is 2.67. The van der Waals surface area contributed by atoms with Crippen LogP contribution in [0.25, 0.3) is 0 Å². The Morgan fingerprint density at radius 3 is 2.94 bits per heavy atom. The molecule has 1 aliphatic heterocycles. The summed E-state index contributed by atoms with van der Waals surface area (Å²) >= 11 is 0. The van der Waals surface area contributed by atoms with Crippen molar-refractivity contribution < 1.29 is 14.6 Å². The number of β-amino-alcohol motifs (C(OH)–C–C–N with tert-alkyl or cyclic N) is 1. The number of aliphatic hydroxyl groups is 1. The fraction of sp³-hybridized carbons (Fsp3) is 0.667. The van der Waals surface area contributed by atoms with Gasteiger partial charge in [-0.3, -0.25) is 4.79 Å². The smallest absolute Gasteiger partial charge is 0.267 e. The molecule has 0 aromatic heterocycles. The van der Waals surface area contributed by atoms with Gasteiger partial charge in [-0.05, 0) is 19.3 Å². The second-order valence-electron chi connectivity index (χ2n) is 4.18. The first kappa shape index (κ1) is 13.5. The van der Waals surface area contributed by atoms with E-state index in [1.807, 2.05) is 13.0 Å². The third-order valence-corrected chi connectivity index (χ3v) is 2.92. The van der Waals surface area contributed by atoms with E-state index in [1.54, 1.807) is 6.92 Å². The number of piperidine rings is 1. The quantitative estimate of drug-likeness (QED) is 0.445. The lowest BCUT2D eigenvalue weighted by Crippen LogP contribution is -2.46. The van der Waals surface area contributed by atoms with Crippen molar-refractivity contribution in [3.8, 4) is 6.07 Å². The third kappa shape index (κ3) is 3.46. The number of ether oxygens (including phenoxy) is 1. The minimum atomic E-state index is -0.514. The van der Waals surface area contributed by atoms with E-state index in [0.717, 1.165) is 6.42 Å². The number of likely N-dealkylation sites (tertiary alicyclic amines) is 1. The van der Waals surface area contributed by atoms with E-state index in [2.05, 4.69) is 0 Å². The van der Waals surface area contributed by atoms with Crippen molar-refractivity contribution in [1.29, 1.82) is 5.26 Å². The van der Waals surface area contributed by atoms with Gasteiger partial charge in [0, 0.05) is 13.1 Å². The lowest BCUT2D eigenvalue weighted by molar-refractivity contribution is -0.131. The highest BCUT2D eigenvalue weighted by atomic mass is 16.5. The van der Waals surface area contributed by atoms with Crippen LogP contribution in [0.15, 0.2) is 11.8 Å². The van der Waals surface area contributed by atoms with Crippen molar-refractivity contribution in [2.24, 2.45) is 5.92 Å². The van der Waals surface area contributed by atoms with E-state index >= 15 is 0 Å². The second kappa shape index (κ2) is 6.26. The first-order chi connectivity index (χ1) is 8.10. The summed E-state index contributed by atoms with van der Waals surface area (Å²) in [4.78, 5) is 13.4. The summed E-state index contributed by atoms with van der Waals surface area (Å²) in [6.45, 7) is 5.00. The molecule has 17 heavy (non-hydrogen) atoms. The molecular weight excluding hydrogens is 220 g/mol. The molecule has 0 aromatic carbocycles. The largest absolute Gasteiger partial charge is 0.500 e. The standard InChI is InChI=1S/C12H18N2O3/c1-3-17-8-10(6-13)12(16)14-5-4-9(2)11(15)7-14/h8-9,11,15H,3-5,7H2,1-2H3/b10-8-. The molecular formula is C12H18N2O3. The Bertz CT molecular complexity index is 346. The topological polar surface area (TPSA) is 73.6 Å². The zero-order chi connectivity index (χ0) is 12.8. The molecule has 2 atom stereocenters. The summed E-state index contributed by atoms with van der Waals surface area (Å²) in [5.41, 5.74) is -0.0198. The van der Waals surface area contributed by atoms with Crippen LogP contribution < -0.4 is 0 Å². The Labute approximate surface area is 101 Å². The van der Waals surface area contributed by atoms with Gasteiger partial charge in [-0.2, -0.15) is 5.26 Å². The number of nitriles is 1. The van der Waals surface area contributed by atoms with Gasteiger partial charge in [-0.15, -0.1) is 0 Å².